The Bertz CT molecular complexity index is 1010. The highest BCUT2D eigenvalue weighted by Gasteiger charge is 2.49. The fraction of sp³-hybridized carbons (Fsp3) is 0.429. The first-order valence-electron chi connectivity index (χ1n) is 9.78. The molecule has 0 bridgehead atoms. The smallest absolute Gasteiger partial charge is 0.278 e. The molecule has 0 aliphatic heterocycles. The molecule has 0 radical (unpaired) electrons. The van der Waals surface area contributed by atoms with E-state index < -0.39 is 59.3 Å². The number of hydrogen-bond acceptors (Lipinski definition) is 4. The normalized spacial score (nSPS) is 20.3. The maximum absolute atomic E-state index is 14.9. The fourth-order valence-corrected chi connectivity index (χ4v) is 3.88. The Balaban J connectivity index is 2.14. The van der Waals surface area contributed by atoms with Crippen molar-refractivity contribution < 1.29 is 27.2 Å². The van der Waals surface area contributed by atoms with Crippen LogP contribution in [-0.2, 0) is 15.1 Å². The average Bonchev–Trinajstić information content (AvgIpc) is 3.08. The van der Waals surface area contributed by atoms with Crippen molar-refractivity contribution in [1.29, 1.82) is 0 Å². The first kappa shape index (κ1) is 23.9. The molecule has 6 nitrogen and oxygen atoms in total. The van der Waals surface area contributed by atoms with Crippen LogP contribution in [0.25, 0.3) is 0 Å². The van der Waals surface area contributed by atoms with Crippen LogP contribution in [0.4, 0.5) is 23.2 Å². The number of benzene rings is 1. The first-order chi connectivity index (χ1) is 15.0. The van der Waals surface area contributed by atoms with Gasteiger partial charge in [-0.25, -0.2) is 27.5 Å². The van der Waals surface area contributed by atoms with Gasteiger partial charge in [-0.15, -0.1) is 0 Å². The lowest BCUT2D eigenvalue weighted by atomic mass is 9.89. The molecule has 1 aliphatic rings. The highest BCUT2D eigenvalue weighted by molar-refractivity contribution is 6.32. The highest BCUT2D eigenvalue weighted by Crippen LogP contribution is 2.38. The predicted molar refractivity (Wildman–Crippen MR) is 109 cm³/mol. The molecule has 1 saturated carbocycles. The lowest BCUT2D eigenvalue weighted by Crippen LogP contribution is -2.60. The van der Waals surface area contributed by atoms with E-state index in [1.807, 2.05) is 0 Å². The largest absolute Gasteiger partial charge is 0.351 e. The van der Waals surface area contributed by atoms with Crippen LogP contribution in [0.3, 0.4) is 0 Å². The van der Waals surface area contributed by atoms with Crippen molar-refractivity contribution in [3.05, 3.63) is 53.9 Å². The Hall–Kier alpha value is -2.75. The summed E-state index contributed by atoms with van der Waals surface area (Å²) in [5.41, 5.74) is -4.60. The van der Waals surface area contributed by atoms with Gasteiger partial charge in [0.25, 0.3) is 17.4 Å². The second-order valence-electron chi connectivity index (χ2n) is 7.90. The minimum Gasteiger partial charge on any atom is -0.351 e. The Morgan fingerprint density at radius 1 is 1.31 bits per heavy atom. The molecular weight excluding hydrogens is 452 g/mol. The summed E-state index contributed by atoms with van der Waals surface area (Å²) in [6, 6.07) is 2.89. The molecule has 32 heavy (non-hydrogen) atoms. The molecule has 2 aromatic rings. The number of amides is 2. The van der Waals surface area contributed by atoms with Crippen molar-refractivity contribution in [3.8, 4) is 0 Å². The van der Waals surface area contributed by atoms with Crippen molar-refractivity contribution in [1.82, 2.24) is 15.3 Å². The van der Waals surface area contributed by atoms with Crippen LogP contribution in [0, 0.1) is 12.7 Å². The maximum Gasteiger partial charge on any atom is 0.278 e. The van der Waals surface area contributed by atoms with Crippen molar-refractivity contribution in [2.45, 2.75) is 56.2 Å². The summed E-state index contributed by atoms with van der Waals surface area (Å²) in [5, 5.41) is 2.49. The van der Waals surface area contributed by atoms with Crippen LogP contribution in [0.15, 0.2) is 36.9 Å². The van der Waals surface area contributed by atoms with E-state index in [9.17, 15) is 27.2 Å². The number of hydrogen-bond donors (Lipinski definition) is 1. The molecule has 2 amide bonds. The van der Waals surface area contributed by atoms with E-state index in [-0.39, 0.29) is 12.0 Å². The molecule has 11 heteroatoms. The summed E-state index contributed by atoms with van der Waals surface area (Å²) < 4.78 is 56.3. The zero-order valence-electron chi connectivity index (χ0n) is 17.3. The van der Waals surface area contributed by atoms with Crippen LogP contribution in [0.1, 0.15) is 37.3 Å². The number of nitrogens with zero attached hydrogens (tertiary/aromatic N) is 3. The average molecular weight is 473 g/mol. The third kappa shape index (κ3) is 4.69. The number of rotatable bonds is 6. The summed E-state index contributed by atoms with van der Waals surface area (Å²) in [4.78, 5) is 34.6. The van der Waals surface area contributed by atoms with Crippen molar-refractivity contribution >= 4 is 29.1 Å². The molecule has 1 aromatic carbocycles. The van der Waals surface area contributed by atoms with E-state index in [2.05, 4.69) is 15.3 Å². The number of nitrogens with one attached hydrogen (secondary N) is 1. The third-order valence-corrected chi connectivity index (χ3v) is 5.69. The zero-order chi connectivity index (χ0) is 23.7. The number of halogens is 5. The van der Waals surface area contributed by atoms with Crippen LogP contribution >= 0.6 is 11.6 Å². The molecule has 0 saturated heterocycles. The third-order valence-electron chi connectivity index (χ3n) is 5.50. The molecule has 1 aromatic heterocycles. The lowest BCUT2D eigenvalue weighted by molar-refractivity contribution is -0.131. The van der Waals surface area contributed by atoms with Gasteiger partial charge < -0.3 is 5.32 Å². The van der Waals surface area contributed by atoms with Gasteiger partial charge in [0.1, 0.15) is 12.1 Å². The summed E-state index contributed by atoms with van der Waals surface area (Å²) >= 11 is 5.42. The molecule has 0 unspecified atom stereocenters. The van der Waals surface area contributed by atoms with Gasteiger partial charge in [-0.05, 0) is 38.0 Å². The van der Waals surface area contributed by atoms with E-state index in [4.69, 9.17) is 11.6 Å². The van der Waals surface area contributed by atoms with Gasteiger partial charge in [-0.1, -0.05) is 17.7 Å². The van der Waals surface area contributed by atoms with Gasteiger partial charge in [-0.3, -0.25) is 14.5 Å². The second-order valence-corrected chi connectivity index (χ2v) is 8.28. The zero-order valence-corrected chi connectivity index (χ0v) is 18.0. The van der Waals surface area contributed by atoms with E-state index in [1.165, 1.54) is 31.5 Å². The topological polar surface area (TPSA) is 75.2 Å². The summed E-state index contributed by atoms with van der Waals surface area (Å²) in [5.74, 6) is -6.18. The van der Waals surface area contributed by atoms with Crippen molar-refractivity contribution in [2.24, 2.45) is 0 Å². The Morgan fingerprint density at radius 3 is 2.50 bits per heavy atom. The minimum atomic E-state index is -2.94. The lowest BCUT2D eigenvalue weighted by Gasteiger charge is -2.40. The van der Waals surface area contributed by atoms with E-state index in [0.717, 1.165) is 12.4 Å². The van der Waals surface area contributed by atoms with Gasteiger partial charge >= 0.3 is 0 Å². The Labute approximate surface area is 187 Å². The molecular formula is C21H21ClF4N4O2. The number of carbonyl (C=O) groups is 2. The standard InChI is InChI=1S/C21H21ClF4N4O2/c1-12-3-4-16(15(23)7-12)30(18(31)17(22)24)20(2,13-9-27-11-28-10-13)19(32)29-14-5-6-21(25,26)8-14/h3-4,7,9-11,14,17H,5-6,8H2,1-2H3,(H,29,32)/t14-,17+,20-/m1/s1. The number of aryl methyl sites for hydroxylation is 1. The summed E-state index contributed by atoms with van der Waals surface area (Å²) in [6.45, 7) is 2.83. The van der Waals surface area contributed by atoms with Crippen LogP contribution in [0.2, 0.25) is 0 Å². The number of anilines is 1. The van der Waals surface area contributed by atoms with E-state index in [0.29, 0.717) is 10.5 Å². The van der Waals surface area contributed by atoms with E-state index in [1.54, 1.807) is 6.92 Å². The quantitative estimate of drug-likeness (QED) is 0.509. The van der Waals surface area contributed by atoms with Gasteiger partial charge in [-0.2, -0.15) is 0 Å². The predicted octanol–water partition coefficient (Wildman–Crippen LogP) is 4.01. The highest BCUT2D eigenvalue weighted by atomic mass is 35.5. The molecule has 3 atom stereocenters. The molecule has 1 aliphatic carbocycles. The molecule has 3 rings (SSSR count). The summed E-state index contributed by atoms with van der Waals surface area (Å²) in [6.07, 6.45) is 2.57. The molecule has 0 spiro atoms. The molecule has 1 N–H and O–H groups in total. The number of carbonyl (C=O) groups excluding carboxylic acids is 2. The maximum atomic E-state index is 14.9. The molecule has 1 fully saturated rings. The van der Waals surface area contributed by atoms with Crippen LogP contribution in [0.5, 0.6) is 0 Å². The minimum absolute atomic E-state index is 0.00731. The molecule has 1 heterocycles. The van der Waals surface area contributed by atoms with Gasteiger partial charge in [0.2, 0.25) is 5.92 Å². The fourth-order valence-electron chi connectivity index (χ4n) is 3.78. The van der Waals surface area contributed by atoms with Crippen molar-refractivity contribution in [2.75, 3.05) is 4.90 Å². The van der Waals surface area contributed by atoms with Gasteiger partial charge in [0, 0.05) is 36.8 Å². The van der Waals surface area contributed by atoms with Gasteiger partial charge in [0.15, 0.2) is 5.54 Å². The SMILES string of the molecule is Cc1ccc(N(C(=O)[C@H](F)Cl)[C@@](C)(C(=O)N[C@@H]2CCC(F)(F)C2)c2cncnc2)c(F)c1. The Morgan fingerprint density at radius 2 is 1.97 bits per heavy atom. The molecule has 172 valence electrons. The van der Waals surface area contributed by atoms with Gasteiger partial charge in [0.05, 0.1) is 5.69 Å². The first-order valence-corrected chi connectivity index (χ1v) is 10.2. The number of aromatic nitrogens is 2. The number of alkyl halides is 4. The second kappa shape index (κ2) is 9.01. The van der Waals surface area contributed by atoms with E-state index >= 15 is 0 Å². The van der Waals surface area contributed by atoms with Crippen LogP contribution < -0.4 is 10.2 Å². The van der Waals surface area contributed by atoms with Crippen LogP contribution in [-0.4, -0.2) is 39.4 Å². The summed E-state index contributed by atoms with van der Waals surface area (Å²) in [7, 11) is 0. The Kier molecular flexibility index (Phi) is 6.73. The van der Waals surface area contributed by atoms with Crippen molar-refractivity contribution in [3.63, 3.8) is 0 Å². The monoisotopic (exact) mass is 472 g/mol.